The molecule has 1 aromatic carbocycles. The van der Waals surface area contributed by atoms with Crippen LogP contribution in [0.15, 0.2) is 18.2 Å². The SMILES string of the molecule is CCCN(N)c1cccc2c1CCCC2. The van der Waals surface area contributed by atoms with Crippen LogP contribution in [0.1, 0.15) is 37.3 Å². The van der Waals surface area contributed by atoms with Crippen LogP contribution in [-0.4, -0.2) is 6.54 Å². The summed E-state index contributed by atoms with van der Waals surface area (Å²) in [5.74, 6) is 6.06. The summed E-state index contributed by atoms with van der Waals surface area (Å²) >= 11 is 0. The highest BCUT2D eigenvalue weighted by Crippen LogP contribution is 2.29. The fraction of sp³-hybridized carbons (Fsp3) is 0.538. The normalized spacial score (nSPS) is 14.8. The number of nitrogens with two attached hydrogens (primary N) is 1. The standard InChI is InChI=1S/C13H20N2/c1-2-10-15(14)13-9-5-7-11-6-3-4-8-12(11)13/h5,7,9H,2-4,6,8,10,14H2,1H3. The molecule has 2 heteroatoms. The first-order chi connectivity index (χ1) is 7.33. The molecule has 0 aliphatic heterocycles. The quantitative estimate of drug-likeness (QED) is 0.606. The summed E-state index contributed by atoms with van der Waals surface area (Å²) < 4.78 is 0. The van der Waals surface area contributed by atoms with Gasteiger partial charge in [0.15, 0.2) is 0 Å². The molecule has 15 heavy (non-hydrogen) atoms. The van der Waals surface area contributed by atoms with Crippen LogP contribution in [0, 0.1) is 0 Å². The summed E-state index contributed by atoms with van der Waals surface area (Å²) in [6.07, 6.45) is 6.16. The summed E-state index contributed by atoms with van der Waals surface area (Å²) in [7, 11) is 0. The molecule has 2 rings (SSSR count). The van der Waals surface area contributed by atoms with Crippen LogP contribution in [0.25, 0.3) is 0 Å². The summed E-state index contributed by atoms with van der Waals surface area (Å²) in [6.45, 7) is 3.10. The molecule has 1 aliphatic carbocycles. The van der Waals surface area contributed by atoms with Gasteiger partial charge in [0.1, 0.15) is 0 Å². The Morgan fingerprint density at radius 1 is 1.27 bits per heavy atom. The molecule has 0 amide bonds. The lowest BCUT2D eigenvalue weighted by atomic mass is 9.90. The third-order valence-corrected chi connectivity index (χ3v) is 3.15. The third-order valence-electron chi connectivity index (χ3n) is 3.15. The van der Waals surface area contributed by atoms with Crippen LogP contribution in [0.4, 0.5) is 5.69 Å². The largest absolute Gasteiger partial charge is 0.311 e. The van der Waals surface area contributed by atoms with Crippen molar-refractivity contribution in [3.05, 3.63) is 29.3 Å². The van der Waals surface area contributed by atoms with Gasteiger partial charge in [0, 0.05) is 6.54 Å². The fourth-order valence-corrected chi connectivity index (χ4v) is 2.39. The van der Waals surface area contributed by atoms with Crippen molar-refractivity contribution >= 4 is 5.69 Å². The molecule has 2 nitrogen and oxygen atoms in total. The second kappa shape index (κ2) is 4.67. The van der Waals surface area contributed by atoms with Crippen molar-refractivity contribution in [2.45, 2.75) is 39.0 Å². The van der Waals surface area contributed by atoms with E-state index in [2.05, 4.69) is 25.1 Å². The lowest BCUT2D eigenvalue weighted by molar-refractivity contribution is 0.679. The van der Waals surface area contributed by atoms with Crippen molar-refractivity contribution < 1.29 is 0 Å². The average Bonchev–Trinajstić information content (AvgIpc) is 2.28. The van der Waals surface area contributed by atoms with Gasteiger partial charge in [-0.15, -0.1) is 0 Å². The van der Waals surface area contributed by atoms with E-state index < -0.39 is 0 Å². The van der Waals surface area contributed by atoms with Gasteiger partial charge in [-0.2, -0.15) is 0 Å². The maximum absolute atomic E-state index is 6.06. The molecule has 0 heterocycles. The van der Waals surface area contributed by atoms with Crippen LogP contribution in [0.2, 0.25) is 0 Å². The molecule has 1 aliphatic rings. The van der Waals surface area contributed by atoms with Crippen LogP contribution >= 0.6 is 0 Å². The van der Waals surface area contributed by atoms with Crippen molar-refractivity contribution in [1.29, 1.82) is 0 Å². The highest BCUT2D eigenvalue weighted by molar-refractivity contribution is 5.56. The summed E-state index contributed by atoms with van der Waals surface area (Å²) in [5, 5.41) is 1.91. The molecular formula is C13H20N2. The number of rotatable bonds is 3. The summed E-state index contributed by atoms with van der Waals surface area (Å²) in [6, 6.07) is 6.53. The van der Waals surface area contributed by atoms with E-state index in [0.29, 0.717) is 0 Å². The Bertz CT molecular complexity index is 333. The van der Waals surface area contributed by atoms with Crippen molar-refractivity contribution in [2.24, 2.45) is 5.84 Å². The van der Waals surface area contributed by atoms with E-state index in [1.54, 1.807) is 0 Å². The van der Waals surface area contributed by atoms with Gasteiger partial charge in [-0.25, -0.2) is 5.84 Å². The first kappa shape index (κ1) is 10.5. The first-order valence-corrected chi connectivity index (χ1v) is 5.96. The fourth-order valence-electron chi connectivity index (χ4n) is 2.39. The number of nitrogens with zero attached hydrogens (tertiary/aromatic N) is 1. The number of fused-ring (bicyclic) bond motifs is 1. The first-order valence-electron chi connectivity index (χ1n) is 5.96. The number of benzene rings is 1. The smallest absolute Gasteiger partial charge is 0.0551 e. The Labute approximate surface area is 92.1 Å². The number of hydrogen-bond acceptors (Lipinski definition) is 2. The number of anilines is 1. The molecule has 2 N–H and O–H groups in total. The van der Waals surface area contributed by atoms with Crippen molar-refractivity contribution in [1.82, 2.24) is 0 Å². The molecule has 0 aromatic heterocycles. The van der Waals surface area contributed by atoms with Crippen molar-refractivity contribution in [3.63, 3.8) is 0 Å². The minimum atomic E-state index is 0.941. The van der Waals surface area contributed by atoms with Gasteiger partial charge in [-0.05, 0) is 49.3 Å². The van der Waals surface area contributed by atoms with Gasteiger partial charge in [-0.1, -0.05) is 19.1 Å². The van der Waals surface area contributed by atoms with E-state index >= 15 is 0 Å². The zero-order chi connectivity index (χ0) is 10.7. The lowest BCUT2D eigenvalue weighted by Crippen LogP contribution is -2.32. The van der Waals surface area contributed by atoms with Crippen molar-refractivity contribution in [3.8, 4) is 0 Å². The van der Waals surface area contributed by atoms with Crippen LogP contribution in [0.3, 0.4) is 0 Å². The predicted molar refractivity (Wildman–Crippen MR) is 64.9 cm³/mol. The van der Waals surface area contributed by atoms with Crippen molar-refractivity contribution in [2.75, 3.05) is 11.6 Å². The maximum Gasteiger partial charge on any atom is 0.0551 e. The summed E-state index contributed by atoms with van der Waals surface area (Å²) in [4.78, 5) is 0. The zero-order valence-electron chi connectivity index (χ0n) is 9.50. The van der Waals surface area contributed by atoms with Gasteiger partial charge in [-0.3, -0.25) is 0 Å². The number of hydrazine groups is 1. The zero-order valence-corrected chi connectivity index (χ0v) is 9.50. The van der Waals surface area contributed by atoms with Crippen LogP contribution < -0.4 is 10.9 Å². The van der Waals surface area contributed by atoms with Crippen LogP contribution in [-0.2, 0) is 12.8 Å². The minimum absolute atomic E-state index is 0.941. The average molecular weight is 204 g/mol. The molecule has 0 spiro atoms. The molecule has 0 radical (unpaired) electrons. The molecular weight excluding hydrogens is 184 g/mol. The van der Waals surface area contributed by atoms with Gasteiger partial charge < -0.3 is 5.01 Å². The molecule has 1 aromatic rings. The van der Waals surface area contributed by atoms with E-state index in [1.807, 2.05) is 5.01 Å². The highest BCUT2D eigenvalue weighted by Gasteiger charge is 2.14. The molecule has 0 saturated carbocycles. The Morgan fingerprint density at radius 3 is 2.87 bits per heavy atom. The monoisotopic (exact) mass is 204 g/mol. The van der Waals surface area contributed by atoms with E-state index in [4.69, 9.17) is 5.84 Å². The lowest BCUT2D eigenvalue weighted by Gasteiger charge is -2.25. The predicted octanol–water partition coefficient (Wildman–Crippen LogP) is 2.66. The molecule has 0 bridgehead atoms. The summed E-state index contributed by atoms with van der Waals surface area (Å²) in [5.41, 5.74) is 4.24. The van der Waals surface area contributed by atoms with E-state index in [0.717, 1.165) is 13.0 Å². The maximum atomic E-state index is 6.06. The molecule has 82 valence electrons. The highest BCUT2D eigenvalue weighted by atomic mass is 15.4. The van der Waals surface area contributed by atoms with Crippen LogP contribution in [0.5, 0.6) is 0 Å². The Balaban J connectivity index is 2.30. The van der Waals surface area contributed by atoms with E-state index in [1.165, 1.54) is 42.5 Å². The molecule has 0 unspecified atom stereocenters. The van der Waals surface area contributed by atoms with E-state index in [9.17, 15) is 0 Å². The Hall–Kier alpha value is -1.02. The second-order valence-electron chi connectivity index (χ2n) is 4.32. The topological polar surface area (TPSA) is 29.3 Å². The van der Waals surface area contributed by atoms with Gasteiger partial charge in [0.2, 0.25) is 0 Å². The molecule has 0 atom stereocenters. The van der Waals surface area contributed by atoms with Gasteiger partial charge >= 0.3 is 0 Å². The Kier molecular flexibility index (Phi) is 3.27. The van der Waals surface area contributed by atoms with Gasteiger partial charge in [0.05, 0.1) is 5.69 Å². The number of aryl methyl sites for hydroxylation is 1. The number of hydrogen-bond donors (Lipinski definition) is 1. The molecule has 0 fully saturated rings. The van der Waals surface area contributed by atoms with Gasteiger partial charge in [0.25, 0.3) is 0 Å². The molecule has 0 saturated heterocycles. The third kappa shape index (κ3) is 2.15. The second-order valence-corrected chi connectivity index (χ2v) is 4.32. The minimum Gasteiger partial charge on any atom is -0.311 e. The van der Waals surface area contributed by atoms with E-state index in [-0.39, 0.29) is 0 Å². The Morgan fingerprint density at radius 2 is 2.07 bits per heavy atom.